The molecule has 1 heterocycles. The van der Waals surface area contributed by atoms with Gasteiger partial charge in [-0.1, -0.05) is 0 Å². The Hall–Kier alpha value is -1.17. The summed E-state index contributed by atoms with van der Waals surface area (Å²) < 4.78 is 29.8. The van der Waals surface area contributed by atoms with Gasteiger partial charge in [-0.25, -0.2) is 4.39 Å². The molecule has 3 rings (SSSR count). The molecule has 1 aliphatic carbocycles. The summed E-state index contributed by atoms with van der Waals surface area (Å²) in [5, 5.41) is 10.9. The number of halogens is 1. The zero-order chi connectivity index (χ0) is 14.2. The lowest BCUT2D eigenvalue weighted by Crippen LogP contribution is -2.42. The Morgan fingerprint density at radius 3 is 2.40 bits per heavy atom. The molecule has 0 atom stereocenters. The number of aliphatic hydroxyl groups is 1. The minimum Gasteiger partial charge on any atom is -0.496 e. The Labute approximate surface area is 117 Å². The third kappa shape index (κ3) is 2.30. The van der Waals surface area contributed by atoms with Gasteiger partial charge in [0.05, 0.1) is 25.9 Å². The van der Waals surface area contributed by atoms with Crippen molar-refractivity contribution in [1.82, 2.24) is 0 Å². The number of hydrogen-bond donors (Lipinski definition) is 1. The molecule has 1 aromatic carbocycles. The van der Waals surface area contributed by atoms with Crippen molar-refractivity contribution in [2.45, 2.75) is 37.1 Å². The predicted molar refractivity (Wildman–Crippen MR) is 70.0 cm³/mol. The lowest BCUT2D eigenvalue weighted by Gasteiger charge is -2.41. The van der Waals surface area contributed by atoms with Gasteiger partial charge in [0.1, 0.15) is 11.6 Å². The Morgan fingerprint density at radius 1 is 1.15 bits per heavy atom. The highest BCUT2D eigenvalue weighted by Gasteiger charge is 2.47. The molecule has 1 aromatic rings. The van der Waals surface area contributed by atoms with E-state index in [1.807, 2.05) is 0 Å². The van der Waals surface area contributed by atoms with Crippen LogP contribution in [0.5, 0.6) is 5.75 Å². The molecule has 0 amide bonds. The molecular formula is C15H19FO4. The summed E-state index contributed by atoms with van der Waals surface area (Å²) in [5.41, 5.74) is -0.381. The SMILES string of the molecule is COc1cc(F)ccc1C1(O)CCC2(CC1)OCCO2. The minimum absolute atomic E-state index is 0.371. The van der Waals surface area contributed by atoms with Gasteiger partial charge in [0, 0.05) is 24.5 Å². The van der Waals surface area contributed by atoms with Crippen LogP contribution in [0, 0.1) is 5.82 Å². The Bertz CT molecular complexity index is 487. The van der Waals surface area contributed by atoms with Crippen molar-refractivity contribution in [2.75, 3.05) is 20.3 Å². The first kappa shape index (κ1) is 13.8. The third-order valence-electron chi connectivity index (χ3n) is 4.32. The lowest BCUT2D eigenvalue weighted by atomic mass is 9.76. The molecule has 110 valence electrons. The fourth-order valence-electron chi connectivity index (χ4n) is 3.15. The standard InChI is InChI=1S/C15H19FO4/c1-18-13-10-11(16)2-3-12(13)14(17)4-6-15(7-5-14)19-8-9-20-15/h2-3,10,17H,4-9H2,1H3. The number of rotatable bonds is 2. The molecule has 4 nitrogen and oxygen atoms in total. The van der Waals surface area contributed by atoms with Gasteiger partial charge in [-0.05, 0) is 25.0 Å². The maximum absolute atomic E-state index is 13.3. The monoisotopic (exact) mass is 282 g/mol. The summed E-state index contributed by atoms with van der Waals surface area (Å²) in [6.07, 6.45) is 2.28. The Balaban J connectivity index is 1.83. The molecule has 0 unspecified atom stereocenters. The average Bonchev–Trinajstić information content (AvgIpc) is 2.91. The molecule has 0 radical (unpaired) electrons. The van der Waals surface area contributed by atoms with E-state index in [1.165, 1.54) is 19.2 Å². The van der Waals surface area contributed by atoms with E-state index in [1.54, 1.807) is 6.07 Å². The fourth-order valence-corrected chi connectivity index (χ4v) is 3.15. The van der Waals surface area contributed by atoms with Gasteiger partial charge in [-0.15, -0.1) is 0 Å². The number of benzene rings is 1. The van der Waals surface area contributed by atoms with Crippen molar-refractivity contribution in [3.63, 3.8) is 0 Å². The molecule has 1 saturated carbocycles. The fraction of sp³-hybridized carbons (Fsp3) is 0.600. The van der Waals surface area contributed by atoms with Crippen LogP contribution in [0.15, 0.2) is 18.2 Å². The summed E-state index contributed by atoms with van der Waals surface area (Å²) in [5.74, 6) is -0.514. The number of methoxy groups -OCH3 is 1. The van der Waals surface area contributed by atoms with E-state index in [0.29, 0.717) is 50.2 Å². The highest BCUT2D eigenvalue weighted by atomic mass is 19.1. The van der Waals surface area contributed by atoms with Gasteiger partial charge in [0.15, 0.2) is 5.79 Å². The summed E-state index contributed by atoms with van der Waals surface area (Å²) in [6, 6.07) is 4.26. The van der Waals surface area contributed by atoms with Crippen LogP contribution in [0.2, 0.25) is 0 Å². The highest BCUT2D eigenvalue weighted by Crippen LogP contribution is 2.47. The topological polar surface area (TPSA) is 47.9 Å². The molecule has 2 aliphatic rings. The predicted octanol–water partition coefficient (Wildman–Crippen LogP) is 2.34. The largest absolute Gasteiger partial charge is 0.496 e. The van der Waals surface area contributed by atoms with E-state index in [-0.39, 0.29) is 5.82 Å². The lowest BCUT2D eigenvalue weighted by molar-refractivity contribution is -0.204. The molecule has 2 fully saturated rings. The first-order valence-electron chi connectivity index (χ1n) is 6.91. The van der Waals surface area contributed by atoms with Crippen molar-refractivity contribution < 1.29 is 23.7 Å². The second-order valence-corrected chi connectivity index (χ2v) is 5.48. The van der Waals surface area contributed by atoms with E-state index in [2.05, 4.69) is 0 Å². The van der Waals surface area contributed by atoms with E-state index >= 15 is 0 Å². The van der Waals surface area contributed by atoms with Gasteiger partial charge < -0.3 is 19.3 Å². The van der Waals surface area contributed by atoms with Crippen LogP contribution in [0.3, 0.4) is 0 Å². The van der Waals surface area contributed by atoms with Gasteiger partial charge in [0.25, 0.3) is 0 Å². The molecule has 1 saturated heterocycles. The summed E-state index contributed by atoms with van der Waals surface area (Å²) in [6.45, 7) is 1.22. The van der Waals surface area contributed by atoms with Gasteiger partial charge >= 0.3 is 0 Å². The van der Waals surface area contributed by atoms with Crippen LogP contribution < -0.4 is 4.74 Å². The Kier molecular flexibility index (Phi) is 3.44. The van der Waals surface area contributed by atoms with Gasteiger partial charge in [0.2, 0.25) is 0 Å². The van der Waals surface area contributed by atoms with E-state index in [4.69, 9.17) is 14.2 Å². The molecule has 5 heteroatoms. The van der Waals surface area contributed by atoms with Crippen molar-refractivity contribution >= 4 is 0 Å². The van der Waals surface area contributed by atoms with Gasteiger partial charge in [-0.3, -0.25) is 0 Å². The molecule has 1 N–H and O–H groups in total. The zero-order valence-corrected chi connectivity index (χ0v) is 11.5. The maximum atomic E-state index is 13.3. The first-order valence-corrected chi connectivity index (χ1v) is 6.91. The molecular weight excluding hydrogens is 263 g/mol. The van der Waals surface area contributed by atoms with Crippen LogP contribution in [0.1, 0.15) is 31.2 Å². The molecule has 1 aliphatic heterocycles. The summed E-state index contributed by atoms with van der Waals surface area (Å²) in [7, 11) is 1.48. The van der Waals surface area contributed by atoms with Crippen LogP contribution in [-0.2, 0) is 15.1 Å². The second kappa shape index (κ2) is 4.98. The third-order valence-corrected chi connectivity index (χ3v) is 4.32. The second-order valence-electron chi connectivity index (χ2n) is 5.48. The number of hydrogen-bond acceptors (Lipinski definition) is 4. The maximum Gasteiger partial charge on any atom is 0.168 e. The van der Waals surface area contributed by atoms with E-state index in [9.17, 15) is 9.50 Å². The van der Waals surface area contributed by atoms with Crippen molar-refractivity contribution in [3.05, 3.63) is 29.6 Å². The van der Waals surface area contributed by atoms with Gasteiger partial charge in [-0.2, -0.15) is 0 Å². The highest BCUT2D eigenvalue weighted by molar-refractivity contribution is 5.39. The molecule has 20 heavy (non-hydrogen) atoms. The first-order chi connectivity index (χ1) is 9.57. The quantitative estimate of drug-likeness (QED) is 0.904. The van der Waals surface area contributed by atoms with Crippen molar-refractivity contribution in [2.24, 2.45) is 0 Å². The van der Waals surface area contributed by atoms with Crippen LogP contribution in [-0.4, -0.2) is 31.2 Å². The van der Waals surface area contributed by atoms with Crippen LogP contribution in [0.4, 0.5) is 4.39 Å². The van der Waals surface area contributed by atoms with Crippen LogP contribution in [0.25, 0.3) is 0 Å². The van der Waals surface area contributed by atoms with E-state index in [0.717, 1.165) is 0 Å². The molecule has 0 bridgehead atoms. The normalized spacial score (nSPS) is 23.9. The average molecular weight is 282 g/mol. The number of ether oxygens (including phenoxy) is 3. The van der Waals surface area contributed by atoms with E-state index < -0.39 is 11.4 Å². The minimum atomic E-state index is -1.01. The summed E-state index contributed by atoms with van der Waals surface area (Å²) >= 11 is 0. The zero-order valence-electron chi connectivity index (χ0n) is 11.5. The van der Waals surface area contributed by atoms with Crippen molar-refractivity contribution in [1.29, 1.82) is 0 Å². The Morgan fingerprint density at radius 2 is 1.80 bits per heavy atom. The molecule has 0 aromatic heterocycles. The van der Waals surface area contributed by atoms with Crippen molar-refractivity contribution in [3.8, 4) is 5.75 Å². The smallest absolute Gasteiger partial charge is 0.168 e. The molecule has 1 spiro atoms. The van der Waals surface area contributed by atoms with Crippen LogP contribution >= 0.6 is 0 Å². The summed E-state index contributed by atoms with van der Waals surface area (Å²) in [4.78, 5) is 0.